The summed E-state index contributed by atoms with van der Waals surface area (Å²) in [5, 5.41) is 2.90. The number of piperazine rings is 1. The highest BCUT2D eigenvalue weighted by atomic mass is 16.2. The molecule has 1 aliphatic heterocycles. The van der Waals surface area contributed by atoms with Crippen molar-refractivity contribution in [2.24, 2.45) is 0 Å². The quantitative estimate of drug-likeness (QED) is 0.886. The first-order valence-electron chi connectivity index (χ1n) is 9.74. The first-order valence-corrected chi connectivity index (χ1v) is 9.74. The molecule has 0 spiro atoms. The van der Waals surface area contributed by atoms with Gasteiger partial charge >= 0.3 is 0 Å². The minimum atomic E-state index is -0.176. The van der Waals surface area contributed by atoms with Crippen molar-refractivity contribution in [3.63, 3.8) is 0 Å². The van der Waals surface area contributed by atoms with Crippen LogP contribution in [0.3, 0.4) is 0 Å². The third-order valence-corrected chi connectivity index (χ3v) is 5.17. The van der Waals surface area contributed by atoms with E-state index >= 15 is 0 Å². The molecule has 0 radical (unpaired) electrons. The zero-order valence-electron chi connectivity index (χ0n) is 17.2. The summed E-state index contributed by atoms with van der Waals surface area (Å²) in [5.41, 5.74) is 3.07. The molecule has 1 aliphatic rings. The maximum absolute atomic E-state index is 12.7. The molecule has 0 atom stereocenters. The fourth-order valence-electron chi connectivity index (χ4n) is 3.25. The van der Waals surface area contributed by atoms with Crippen molar-refractivity contribution in [1.82, 2.24) is 9.80 Å². The zero-order valence-corrected chi connectivity index (χ0v) is 17.2. The summed E-state index contributed by atoms with van der Waals surface area (Å²) in [6, 6.07) is 14.8. The van der Waals surface area contributed by atoms with Crippen molar-refractivity contribution >= 4 is 17.5 Å². The molecule has 1 N–H and O–H groups in total. The van der Waals surface area contributed by atoms with Gasteiger partial charge in [-0.1, -0.05) is 39.0 Å². The van der Waals surface area contributed by atoms with Crippen LogP contribution >= 0.6 is 0 Å². The van der Waals surface area contributed by atoms with E-state index < -0.39 is 0 Å². The van der Waals surface area contributed by atoms with Crippen LogP contribution in [0.25, 0.3) is 0 Å². The lowest BCUT2D eigenvalue weighted by atomic mass is 9.87. The van der Waals surface area contributed by atoms with Crippen LogP contribution in [0, 0.1) is 0 Å². The predicted octanol–water partition coefficient (Wildman–Crippen LogP) is 3.62. The lowest BCUT2D eigenvalue weighted by Gasteiger charge is -2.32. The highest BCUT2D eigenvalue weighted by Crippen LogP contribution is 2.22. The molecule has 1 heterocycles. The summed E-state index contributed by atoms with van der Waals surface area (Å²) in [5.74, 6) is -0.164. The van der Waals surface area contributed by atoms with E-state index in [1.807, 2.05) is 41.3 Å². The van der Waals surface area contributed by atoms with Crippen LogP contribution in [-0.4, -0.2) is 54.8 Å². The second kappa shape index (κ2) is 8.15. The molecule has 2 amide bonds. The molecule has 0 unspecified atom stereocenters. The fraction of sp³-hybridized carbons (Fsp3) is 0.391. The van der Waals surface area contributed by atoms with E-state index in [1.54, 1.807) is 12.1 Å². The minimum Gasteiger partial charge on any atom is -0.336 e. The molecular weight excluding hydrogens is 350 g/mol. The second-order valence-corrected chi connectivity index (χ2v) is 8.46. The highest BCUT2D eigenvalue weighted by molar-refractivity contribution is 6.05. The Morgan fingerprint density at radius 1 is 0.893 bits per heavy atom. The topological polar surface area (TPSA) is 52.6 Å². The first-order chi connectivity index (χ1) is 13.2. The number of amides is 2. The Morgan fingerprint density at radius 3 is 2.14 bits per heavy atom. The predicted molar refractivity (Wildman–Crippen MR) is 113 cm³/mol. The van der Waals surface area contributed by atoms with Gasteiger partial charge in [0, 0.05) is 43.0 Å². The molecule has 28 heavy (non-hydrogen) atoms. The highest BCUT2D eigenvalue weighted by Gasteiger charge is 2.21. The van der Waals surface area contributed by atoms with Gasteiger partial charge < -0.3 is 15.1 Å². The van der Waals surface area contributed by atoms with Crippen molar-refractivity contribution in [2.75, 3.05) is 38.5 Å². The second-order valence-electron chi connectivity index (χ2n) is 8.46. The van der Waals surface area contributed by atoms with E-state index in [0.29, 0.717) is 16.8 Å². The average Bonchev–Trinajstić information content (AvgIpc) is 2.67. The van der Waals surface area contributed by atoms with E-state index in [4.69, 9.17) is 0 Å². The van der Waals surface area contributed by atoms with Gasteiger partial charge in [-0.05, 0) is 48.4 Å². The first kappa shape index (κ1) is 20.1. The number of hydrogen-bond acceptors (Lipinski definition) is 3. The van der Waals surface area contributed by atoms with Gasteiger partial charge in [0.2, 0.25) is 0 Å². The van der Waals surface area contributed by atoms with Crippen molar-refractivity contribution in [1.29, 1.82) is 0 Å². The molecular formula is C23H29N3O2. The van der Waals surface area contributed by atoms with Gasteiger partial charge in [-0.2, -0.15) is 0 Å². The Labute approximate surface area is 167 Å². The van der Waals surface area contributed by atoms with Crippen LogP contribution < -0.4 is 5.32 Å². The van der Waals surface area contributed by atoms with Crippen molar-refractivity contribution in [2.45, 2.75) is 26.2 Å². The standard InChI is InChI=1S/C23H29N3O2/c1-23(2,3)19-10-8-17(9-11-19)21(27)24-20-7-5-6-18(16-20)22(28)26-14-12-25(4)13-15-26/h5-11,16H,12-15H2,1-4H3,(H,24,27). The number of carbonyl (C=O) groups excluding carboxylic acids is 2. The smallest absolute Gasteiger partial charge is 0.255 e. The lowest BCUT2D eigenvalue weighted by Crippen LogP contribution is -2.47. The van der Waals surface area contributed by atoms with Gasteiger partial charge in [0.15, 0.2) is 0 Å². The molecule has 0 bridgehead atoms. The van der Waals surface area contributed by atoms with Crippen molar-refractivity contribution < 1.29 is 9.59 Å². The molecule has 2 aromatic carbocycles. The van der Waals surface area contributed by atoms with E-state index in [-0.39, 0.29) is 17.2 Å². The van der Waals surface area contributed by atoms with Crippen LogP contribution in [0.4, 0.5) is 5.69 Å². The number of likely N-dealkylation sites (N-methyl/N-ethyl adjacent to an activating group) is 1. The normalized spacial score (nSPS) is 15.4. The van der Waals surface area contributed by atoms with Crippen LogP contribution in [-0.2, 0) is 5.41 Å². The minimum absolute atomic E-state index is 0.0127. The molecule has 3 rings (SSSR count). The van der Waals surface area contributed by atoms with E-state index in [9.17, 15) is 9.59 Å². The Balaban J connectivity index is 1.68. The molecule has 0 saturated carbocycles. The Morgan fingerprint density at radius 2 is 1.54 bits per heavy atom. The summed E-state index contributed by atoms with van der Waals surface area (Å²) in [4.78, 5) is 29.4. The van der Waals surface area contributed by atoms with Gasteiger partial charge in [0.25, 0.3) is 11.8 Å². The van der Waals surface area contributed by atoms with Gasteiger partial charge in [-0.3, -0.25) is 9.59 Å². The number of carbonyl (C=O) groups is 2. The van der Waals surface area contributed by atoms with Crippen molar-refractivity contribution in [3.8, 4) is 0 Å². The van der Waals surface area contributed by atoms with E-state index in [2.05, 4.69) is 38.0 Å². The third-order valence-electron chi connectivity index (χ3n) is 5.17. The zero-order chi connectivity index (χ0) is 20.3. The van der Waals surface area contributed by atoms with Crippen molar-refractivity contribution in [3.05, 3.63) is 65.2 Å². The number of nitrogens with one attached hydrogen (secondary N) is 1. The maximum Gasteiger partial charge on any atom is 0.255 e. The van der Waals surface area contributed by atoms with Crippen LogP contribution in [0.1, 0.15) is 47.1 Å². The number of hydrogen-bond donors (Lipinski definition) is 1. The van der Waals surface area contributed by atoms with Crippen LogP contribution in [0.15, 0.2) is 48.5 Å². The number of rotatable bonds is 3. The average molecular weight is 380 g/mol. The third kappa shape index (κ3) is 4.78. The Bertz CT molecular complexity index is 845. The summed E-state index contributed by atoms with van der Waals surface area (Å²) in [6.45, 7) is 9.65. The van der Waals surface area contributed by atoms with Gasteiger partial charge in [-0.25, -0.2) is 0 Å². The molecule has 0 aromatic heterocycles. The van der Waals surface area contributed by atoms with E-state index in [0.717, 1.165) is 26.2 Å². The van der Waals surface area contributed by atoms with Gasteiger partial charge in [0.05, 0.1) is 0 Å². The molecule has 5 nitrogen and oxygen atoms in total. The van der Waals surface area contributed by atoms with E-state index in [1.165, 1.54) is 5.56 Å². The molecule has 148 valence electrons. The Kier molecular flexibility index (Phi) is 5.84. The molecule has 2 aromatic rings. The SMILES string of the molecule is CN1CCN(C(=O)c2cccc(NC(=O)c3ccc(C(C)(C)C)cc3)c2)CC1. The molecule has 5 heteroatoms. The van der Waals surface area contributed by atoms with Gasteiger partial charge in [0.1, 0.15) is 0 Å². The Hall–Kier alpha value is -2.66. The number of anilines is 1. The summed E-state index contributed by atoms with van der Waals surface area (Å²) in [6.07, 6.45) is 0. The van der Waals surface area contributed by atoms with Crippen LogP contribution in [0.5, 0.6) is 0 Å². The van der Waals surface area contributed by atoms with Crippen LogP contribution in [0.2, 0.25) is 0 Å². The number of nitrogens with zero attached hydrogens (tertiary/aromatic N) is 2. The van der Waals surface area contributed by atoms with Gasteiger partial charge in [-0.15, -0.1) is 0 Å². The molecule has 0 aliphatic carbocycles. The monoisotopic (exact) mass is 379 g/mol. The summed E-state index contributed by atoms with van der Waals surface area (Å²) in [7, 11) is 2.06. The lowest BCUT2D eigenvalue weighted by molar-refractivity contribution is 0.0664. The maximum atomic E-state index is 12.7. The fourth-order valence-corrected chi connectivity index (χ4v) is 3.25. The number of benzene rings is 2. The summed E-state index contributed by atoms with van der Waals surface area (Å²) < 4.78 is 0. The summed E-state index contributed by atoms with van der Waals surface area (Å²) >= 11 is 0. The molecule has 1 saturated heterocycles. The largest absolute Gasteiger partial charge is 0.336 e. The molecule has 1 fully saturated rings.